The van der Waals surface area contributed by atoms with Crippen molar-refractivity contribution in [3.8, 4) is 0 Å². The van der Waals surface area contributed by atoms with Crippen LogP contribution in [0.5, 0.6) is 0 Å². The maximum Gasteiger partial charge on any atom is 0.232 e. The molecule has 141 heavy (non-hydrogen) atoms. The van der Waals surface area contributed by atoms with Crippen LogP contribution in [0.2, 0.25) is 0 Å². The van der Waals surface area contributed by atoms with Gasteiger partial charge in [0.1, 0.15) is 0 Å². The maximum absolute atomic E-state index is 6.81. The van der Waals surface area contributed by atoms with Gasteiger partial charge < -0.3 is 49.4 Å². The third kappa shape index (κ3) is 34.5. The van der Waals surface area contributed by atoms with Crippen molar-refractivity contribution < 1.29 is 19.4 Å². The van der Waals surface area contributed by atoms with Crippen LogP contribution in [0.15, 0.2) is 50.6 Å². The van der Waals surface area contributed by atoms with Crippen molar-refractivity contribution in [1.82, 2.24) is 70.4 Å². The number of hydrogen-bond acceptors (Lipinski definition) is 27. The lowest BCUT2D eigenvalue weighted by atomic mass is 9.78. The molecular formula is C114H211N23O4. The van der Waals surface area contributed by atoms with Crippen LogP contribution in [-0.4, -0.2) is 262 Å². The van der Waals surface area contributed by atoms with Gasteiger partial charge in [0, 0.05) is 171 Å². The molecular weight excluding hydrogens is 1760 g/mol. The smallest absolute Gasteiger partial charge is 0.232 e. The number of anilines is 9. The quantitative estimate of drug-likeness (QED) is 0.0412. The van der Waals surface area contributed by atoms with Crippen molar-refractivity contribution in [1.29, 1.82) is 0 Å². The third-order valence-electron chi connectivity index (χ3n) is 30.3. The molecule has 3 aromatic rings. The Bertz CT molecular complexity index is 3730. The first-order valence-corrected chi connectivity index (χ1v) is 56.9. The van der Waals surface area contributed by atoms with E-state index in [0.29, 0.717) is 26.4 Å². The van der Waals surface area contributed by atoms with Crippen LogP contribution < -0.4 is 49.4 Å². The second kappa shape index (κ2) is 55.7. The molecule has 5 aliphatic heterocycles. The number of hydroxylamine groups is 8. The summed E-state index contributed by atoms with van der Waals surface area (Å²) in [6.07, 6.45) is 43.4. The van der Waals surface area contributed by atoms with Gasteiger partial charge in [-0.1, -0.05) is 170 Å². The Hall–Kier alpha value is -6.17. The van der Waals surface area contributed by atoms with Gasteiger partial charge in [0.15, 0.2) is 0 Å². The third-order valence-corrected chi connectivity index (χ3v) is 30.3. The lowest BCUT2D eigenvalue weighted by Crippen LogP contribution is -2.64. The summed E-state index contributed by atoms with van der Waals surface area (Å²) in [5.74, 6) is 7.17. The molecule has 5 aliphatic rings. The number of nitrogens with zero attached hydrogens (tertiary/aromatic N) is 22. The highest BCUT2D eigenvalue weighted by atomic mass is 16.7. The number of nitrogens with one attached hydrogen (secondary N) is 1. The van der Waals surface area contributed by atoms with Gasteiger partial charge in [0.25, 0.3) is 0 Å². The molecule has 0 radical (unpaired) electrons. The molecule has 0 amide bonds. The summed E-state index contributed by atoms with van der Waals surface area (Å²) < 4.78 is 0. The molecule has 27 nitrogen and oxygen atoms in total. The molecule has 0 spiro atoms. The zero-order valence-corrected chi connectivity index (χ0v) is 96.0. The van der Waals surface area contributed by atoms with Gasteiger partial charge in [-0.2, -0.15) is 65.1 Å². The van der Waals surface area contributed by atoms with E-state index < -0.39 is 0 Å². The molecule has 0 atom stereocenters. The zero-order valence-electron chi connectivity index (χ0n) is 96.0. The normalized spacial score (nSPS) is 19.8. The molecule has 0 bridgehead atoms. The average molecular weight is 1970 g/mol. The molecule has 5 saturated heterocycles. The Labute approximate surface area is 862 Å². The fourth-order valence-electron chi connectivity index (χ4n) is 24.8. The van der Waals surface area contributed by atoms with Crippen molar-refractivity contribution >= 4 is 53.5 Å². The average Bonchev–Trinajstić information content (AvgIpc) is 0.757. The fraction of sp³-hybridized carbons (Fsp3) is 0.851. The fourth-order valence-corrected chi connectivity index (χ4v) is 24.8. The van der Waals surface area contributed by atoms with E-state index in [-0.39, 0.29) is 85.6 Å². The molecule has 8 rings (SSSR count). The van der Waals surface area contributed by atoms with E-state index in [9.17, 15) is 0 Å². The molecule has 1 N–H and O–H groups in total. The summed E-state index contributed by atoms with van der Waals surface area (Å²) in [5.41, 5.74) is -3.10. The first-order chi connectivity index (χ1) is 66.8. The standard InChI is InChI=1S/C114H211N23O4/c1-34-47-64-125(65-48-35-2)96-115-97(126(66-49-36-3)67-50-37-4)118-100(117-96)130(92-83-107(18,19)134(138-77-43-10)108(20,21)84-92)73-60-56-58-62-75-132(94-87-111(26,27)136(140-79-45-12)112(28,29)88-94)103-121-102(129(72-55-42-9)91-81-105(14,15)124-106(16,17)82-91)122-104(123-103)133(95-89-113(30,31)137(141-80-46-13)114(32,33)90-95)76-63-59-57-61-74-131(93-85-109(22,23)135(139-78-44-11)110(24,25)86-93)101-119-98(127(68-51-38-5)69-52-39-6)116-99(120-101)128(70-53-40-7)71-54-41-8/h43-46,91-95,124H,10-13,34-42,47-90H2,1-9,14-33H3. The van der Waals surface area contributed by atoms with Crippen LogP contribution in [0.4, 0.5) is 53.5 Å². The highest BCUT2D eigenvalue weighted by molar-refractivity contribution is 5.52. The van der Waals surface area contributed by atoms with Gasteiger partial charge in [-0.25, -0.2) is 0 Å². The molecule has 5 fully saturated rings. The highest BCUT2D eigenvalue weighted by Gasteiger charge is 2.54. The Morgan fingerprint density at radius 2 is 0.376 bits per heavy atom. The minimum Gasteiger partial charge on any atom is -0.341 e. The van der Waals surface area contributed by atoms with Crippen molar-refractivity contribution in [2.75, 3.05) is 156 Å². The van der Waals surface area contributed by atoms with Crippen LogP contribution in [0.25, 0.3) is 0 Å². The van der Waals surface area contributed by atoms with Gasteiger partial charge >= 0.3 is 0 Å². The van der Waals surface area contributed by atoms with E-state index in [2.05, 4.69) is 297 Å². The summed E-state index contributed by atoms with van der Waals surface area (Å²) in [7, 11) is 0. The minimum absolute atomic E-state index is 0.0333. The lowest BCUT2D eigenvalue weighted by molar-refractivity contribution is -0.276. The lowest BCUT2D eigenvalue weighted by Gasteiger charge is -2.56. The number of rotatable bonds is 67. The largest absolute Gasteiger partial charge is 0.341 e. The molecule has 8 heterocycles. The molecule has 0 aliphatic carbocycles. The first-order valence-electron chi connectivity index (χ1n) is 56.9. The monoisotopic (exact) mass is 1970 g/mol. The van der Waals surface area contributed by atoms with Crippen molar-refractivity contribution in [3.63, 3.8) is 0 Å². The van der Waals surface area contributed by atoms with E-state index in [0.717, 1.165) is 370 Å². The summed E-state index contributed by atoms with van der Waals surface area (Å²) in [6, 6.07) is 0.452. The Kier molecular flexibility index (Phi) is 47.5. The van der Waals surface area contributed by atoms with Crippen molar-refractivity contribution in [2.24, 2.45) is 0 Å². The first kappa shape index (κ1) is 120. The van der Waals surface area contributed by atoms with E-state index in [1.165, 1.54) is 0 Å². The van der Waals surface area contributed by atoms with Gasteiger partial charge in [-0.15, -0.1) is 26.3 Å². The van der Waals surface area contributed by atoms with Crippen LogP contribution in [0, 0.1) is 0 Å². The number of aromatic nitrogens is 9. The zero-order chi connectivity index (χ0) is 104. The van der Waals surface area contributed by atoms with E-state index in [1.807, 2.05) is 24.3 Å². The summed E-state index contributed by atoms with van der Waals surface area (Å²) in [4.78, 5) is 103. The second-order valence-corrected chi connectivity index (χ2v) is 48.8. The number of hydrogen-bond donors (Lipinski definition) is 1. The van der Waals surface area contributed by atoms with Gasteiger partial charge in [0.05, 0.1) is 26.4 Å². The predicted octanol–water partition coefficient (Wildman–Crippen LogP) is 25.1. The molecule has 0 aromatic carbocycles. The Morgan fingerprint density at radius 1 is 0.227 bits per heavy atom. The molecule has 27 heteroatoms. The van der Waals surface area contributed by atoms with Gasteiger partial charge in [0.2, 0.25) is 53.5 Å². The van der Waals surface area contributed by atoms with Crippen molar-refractivity contribution in [2.45, 2.75) is 518 Å². The molecule has 806 valence electrons. The molecule has 0 saturated carbocycles. The minimum atomic E-state index is -0.384. The van der Waals surface area contributed by atoms with Gasteiger partial charge in [-0.3, -0.25) is 19.4 Å². The molecule has 3 aromatic heterocycles. The van der Waals surface area contributed by atoms with Crippen molar-refractivity contribution in [3.05, 3.63) is 50.6 Å². The highest BCUT2D eigenvalue weighted by Crippen LogP contribution is 2.49. The maximum atomic E-state index is 6.81. The van der Waals surface area contributed by atoms with Crippen LogP contribution in [0.3, 0.4) is 0 Å². The second-order valence-electron chi connectivity index (χ2n) is 48.8. The van der Waals surface area contributed by atoms with Crippen LogP contribution in [-0.2, 0) is 19.4 Å². The number of piperidine rings is 5. The summed E-state index contributed by atoms with van der Waals surface area (Å²) >= 11 is 0. The van der Waals surface area contributed by atoms with E-state index in [4.69, 9.17) is 64.2 Å². The van der Waals surface area contributed by atoms with E-state index in [1.54, 1.807) is 0 Å². The topological polar surface area (TPSA) is 207 Å². The van der Waals surface area contributed by atoms with Gasteiger partial charge in [-0.05, 0) is 286 Å². The Balaban J connectivity index is 1.29. The van der Waals surface area contributed by atoms with Crippen LogP contribution in [0.1, 0.15) is 432 Å². The summed E-state index contributed by atoms with van der Waals surface area (Å²) in [6.45, 7) is 97.6. The number of unbranched alkanes of at least 4 members (excludes halogenated alkanes) is 15. The van der Waals surface area contributed by atoms with Crippen LogP contribution >= 0.6 is 0 Å². The van der Waals surface area contributed by atoms with E-state index >= 15 is 0 Å². The summed E-state index contributed by atoms with van der Waals surface area (Å²) in [5, 5.41) is 13.2. The molecule has 0 unspecified atom stereocenters. The SMILES string of the molecule is C=CCON1C(C)(C)CC(N(CCCCCCN(c2nc(N(CCCC)C3CC(C)(C)NC(C)(C)C3)nc(N(CCCCCCN(c3nc(N(CCCC)CCCC)nc(N(CCCC)CCCC)n3)C3CC(C)(C)N(OCC=C)C(C)(C)C3)C3CC(C)(C)N(OCC=C)C(C)(C)C3)n2)C2CC(C)(C)N(OCC=C)C(C)(C)C2)c2nc(N(CCCC)CCCC)nc(N(CCCC)CCCC)n2)CC1(C)C. The Morgan fingerprint density at radius 3 is 0.546 bits per heavy atom. The predicted molar refractivity (Wildman–Crippen MR) is 597 cm³/mol.